The molecule has 126 valence electrons. The van der Waals surface area contributed by atoms with E-state index in [0.717, 1.165) is 0 Å². The number of ether oxygens (including phenoxy) is 2. The Kier molecular flexibility index (Phi) is 5.42. The summed E-state index contributed by atoms with van der Waals surface area (Å²) >= 11 is 0. The Morgan fingerprint density at radius 3 is 2.33 bits per heavy atom. The molecule has 6 nitrogen and oxygen atoms in total. The number of methoxy groups -OCH3 is 2. The largest absolute Gasteiger partial charge is 0.497 e. The van der Waals surface area contributed by atoms with Crippen LogP contribution in [0.2, 0.25) is 0 Å². The van der Waals surface area contributed by atoms with E-state index in [9.17, 15) is 9.59 Å². The van der Waals surface area contributed by atoms with Crippen LogP contribution in [0.15, 0.2) is 36.4 Å². The molecule has 0 atom stereocenters. The third-order valence-corrected chi connectivity index (χ3v) is 3.71. The van der Waals surface area contributed by atoms with Crippen LogP contribution in [-0.4, -0.2) is 33.1 Å². The molecule has 6 heteroatoms. The molecule has 0 fully saturated rings. The molecular formula is C18H20N2O4. The fourth-order valence-electron chi connectivity index (χ4n) is 2.33. The Bertz CT molecular complexity index is 772. The van der Waals surface area contributed by atoms with Crippen LogP contribution in [-0.2, 0) is 0 Å². The molecular weight excluding hydrogens is 308 g/mol. The smallest absolute Gasteiger partial charge is 0.259 e. The third-order valence-electron chi connectivity index (χ3n) is 3.71. The van der Waals surface area contributed by atoms with E-state index >= 15 is 0 Å². The summed E-state index contributed by atoms with van der Waals surface area (Å²) in [7, 11) is 4.60. The first-order chi connectivity index (χ1) is 11.5. The minimum atomic E-state index is -0.327. The third kappa shape index (κ3) is 3.48. The van der Waals surface area contributed by atoms with Gasteiger partial charge in [0.1, 0.15) is 11.5 Å². The van der Waals surface area contributed by atoms with E-state index in [2.05, 4.69) is 10.6 Å². The number of carbonyl (C=O) groups is 2. The summed E-state index contributed by atoms with van der Waals surface area (Å²) in [6.45, 7) is 1.78. The SMILES string of the molecule is CNC(=O)c1cccc(NC(=O)c2ccc(OC)cc2OC)c1C. The van der Waals surface area contributed by atoms with E-state index < -0.39 is 0 Å². The highest BCUT2D eigenvalue weighted by molar-refractivity contribution is 6.07. The Hall–Kier alpha value is -3.02. The second-order valence-corrected chi connectivity index (χ2v) is 5.08. The molecule has 2 amide bonds. The summed E-state index contributed by atoms with van der Waals surface area (Å²) < 4.78 is 10.4. The van der Waals surface area contributed by atoms with Gasteiger partial charge in [0.2, 0.25) is 0 Å². The summed E-state index contributed by atoms with van der Waals surface area (Å²) in [4.78, 5) is 24.4. The predicted octanol–water partition coefficient (Wildman–Crippen LogP) is 2.62. The molecule has 0 bridgehead atoms. The van der Waals surface area contributed by atoms with Crippen molar-refractivity contribution < 1.29 is 19.1 Å². The topological polar surface area (TPSA) is 76.7 Å². The molecule has 0 aliphatic carbocycles. The van der Waals surface area contributed by atoms with Crippen LogP contribution < -0.4 is 20.1 Å². The molecule has 2 aromatic rings. The summed E-state index contributed by atoms with van der Waals surface area (Å²) in [5, 5.41) is 5.40. The van der Waals surface area contributed by atoms with E-state index in [-0.39, 0.29) is 11.8 Å². The first-order valence-corrected chi connectivity index (χ1v) is 7.37. The van der Waals surface area contributed by atoms with Gasteiger partial charge in [-0.05, 0) is 36.8 Å². The molecule has 0 saturated carbocycles. The van der Waals surface area contributed by atoms with Crippen LogP contribution in [0.1, 0.15) is 26.3 Å². The lowest BCUT2D eigenvalue weighted by atomic mass is 10.1. The number of carbonyl (C=O) groups excluding carboxylic acids is 2. The van der Waals surface area contributed by atoms with E-state index in [4.69, 9.17) is 9.47 Å². The fraction of sp³-hybridized carbons (Fsp3) is 0.222. The van der Waals surface area contributed by atoms with Crippen LogP contribution in [0.3, 0.4) is 0 Å². The molecule has 2 N–H and O–H groups in total. The van der Waals surface area contributed by atoms with Crippen molar-refractivity contribution >= 4 is 17.5 Å². The van der Waals surface area contributed by atoms with Crippen molar-refractivity contribution in [1.29, 1.82) is 0 Å². The molecule has 0 spiro atoms. The number of benzene rings is 2. The van der Waals surface area contributed by atoms with E-state index in [1.807, 2.05) is 0 Å². The molecule has 0 heterocycles. The predicted molar refractivity (Wildman–Crippen MR) is 92.1 cm³/mol. The lowest BCUT2D eigenvalue weighted by molar-refractivity contribution is 0.0960. The van der Waals surface area contributed by atoms with Gasteiger partial charge in [0.15, 0.2) is 0 Å². The molecule has 0 aliphatic heterocycles. The van der Waals surface area contributed by atoms with E-state index in [1.165, 1.54) is 7.11 Å². The first-order valence-electron chi connectivity index (χ1n) is 7.37. The summed E-state index contributed by atoms with van der Waals surface area (Å²) in [6.07, 6.45) is 0. The highest BCUT2D eigenvalue weighted by Crippen LogP contribution is 2.26. The Morgan fingerprint density at radius 1 is 0.958 bits per heavy atom. The van der Waals surface area contributed by atoms with Crippen molar-refractivity contribution in [2.24, 2.45) is 0 Å². The normalized spacial score (nSPS) is 10.0. The zero-order valence-corrected chi connectivity index (χ0v) is 14.1. The van der Waals surface area contributed by atoms with Gasteiger partial charge in [0, 0.05) is 24.4 Å². The van der Waals surface area contributed by atoms with Gasteiger partial charge in [-0.3, -0.25) is 9.59 Å². The highest BCUT2D eigenvalue weighted by Gasteiger charge is 2.16. The average molecular weight is 328 g/mol. The molecule has 0 unspecified atom stereocenters. The minimum absolute atomic E-state index is 0.203. The monoisotopic (exact) mass is 328 g/mol. The van der Waals surface area contributed by atoms with Crippen LogP contribution in [0.25, 0.3) is 0 Å². The first kappa shape index (κ1) is 17.3. The Labute approximate surface area is 140 Å². The molecule has 0 aromatic heterocycles. The zero-order valence-electron chi connectivity index (χ0n) is 14.1. The second-order valence-electron chi connectivity index (χ2n) is 5.08. The van der Waals surface area contributed by atoms with E-state index in [0.29, 0.717) is 33.9 Å². The summed E-state index contributed by atoms with van der Waals surface area (Å²) in [6, 6.07) is 10.1. The Balaban J connectivity index is 2.32. The van der Waals surface area contributed by atoms with Crippen molar-refractivity contribution in [3.8, 4) is 11.5 Å². The highest BCUT2D eigenvalue weighted by atomic mass is 16.5. The number of nitrogens with one attached hydrogen (secondary N) is 2. The molecule has 0 aliphatic rings. The molecule has 0 radical (unpaired) electrons. The lowest BCUT2D eigenvalue weighted by Crippen LogP contribution is -2.20. The van der Waals surface area contributed by atoms with Crippen molar-refractivity contribution in [3.63, 3.8) is 0 Å². The number of amides is 2. The van der Waals surface area contributed by atoms with Gasteiger partial charge in [-0.15, -0.1) is 0 Å². The average Bonchev–Trinajstić information content (AvgIpc) is 2.62. The van der Waals surface area contributed by atoms with Crippen LogP contribution in [0.4, 0.5) is 5.69 Å². The van der Waals surface area contributed by atoms with Gasteiger partial charge in [0.05, 0.1) is 19.8 Å². The second kappa shape index (κ2) is 7.50. The van der Waals surface area contributed by atoms with Gasteiger partial charge >= 0.3 is 0 Å². The van der Waals surface area contributed by atoms with Crippen molar-refractivity contribution in [1.82, 2.24) is 5.32 Å². The number of hydrogen-bond acceptors (Lipinski definition) is 4. The number of rotatable bonds is 5. The van der Waals surface area contributed by atoms with Crippen LogP contribution in [0, 0.1) is 6.92 Å². The zero-order chi connectivity index (χ0) is 17.7. The van der Waals surface area contributed by atoms with Crippen LogP contribution >= 0.6 is 0 Å². The van der Waals surface area contributed by atoms with Crippen LogP contribution in [0.5, 0.6) is 11.5 Å². The van der Waals surface area contributed by atoms with Crippen molar-refractivity contribution in [3.05, 3.63) is 53.1 Å². The maximum absolute atomic E-state index is 12.6. The van der Waals surface area contributed by atoms with Gasteiger partial charge in [-0.25, -0.2) is 0 Å². The molecule has 0 saturated heterocycles. The van der Waals surface area contributed by atoms with Crippen molar-refractivity contribution in [2.45, 2.75) is 6.92 Å². The van der Waals surface area contributed by atoms with Gasteiger partial charge < -0.3 is 20.1 Å². The van der Waals surface area contributed by atoms with Crippen molar-refractivity contribution in [2.75, 3.05) is 26.6 Å². The van der Waals surface area contributed by atoms with Gasteiger partial charge in [0.25, 0.3) is 11.8 Å². The fourth-order valence-corrected chi connectivity index (χ4v) is 2.33. The standard InChI is InChI=1S/C18H20N2O4/c1-11-13(17(21)19-2)6-5-7-15(11)20-18(22)14-9-8-12(23-3)10-16(14)24-4/h5-10H,1-4H3,(H,19,21)(H,20,22). The van der Waals surface area contributed by atoms with E-state index in [1.54, 1.807) is 57.5 Å². The molecule has 2 rings (SSSR count). The quantitative estimate of drug-likeness (QED) is 0.884. The summed E-state index contributed by atoms with van der Waals surface area (Å²) in [5.74, 6) is 0.477. The molecule has 24 heavy (non-hydrogen) atoms. The summed E-state index contributed by atoms with van der Waals surface area (Å²) in [5.41, 5.74) is 2.15. The molecule has 2 aromatic carbocycles. The maximum Gasteiger partial charge on any atom is 0.259 e. The maximum atomic E-state index is 12.6. The lowest BCUT2D eigenvalue weighted by Gasteiger charge is -2.14. The number of anilines is 1. The van der Waals surface area contributed by atoms with Gasteiger partial charge in [-0.1, -0.05) is 6.07 Å². The minimum Gasteiger partial charge on any atom is -0.497 e. The Morgan fingerprint density at radius 2 is 1.71 bits per heavy atom. The number of hydrogen-bond donors (Lipinski definition) is 2. The van der Waals surface area contributed by atoms with Gasteiger partial charge in [-0.2, -0.15) is 0 Å².